The molecular weight excluding hydrogens is 294 g/mol. The first-order chi connectivity index (χ1) is 11.0. The third-order valence-electron chi connectivity index (χ3n) is 4.79. The zero-order chi connectivity index (χ0) is 16.6. The van der Waals surface area contributed by atoms with Gasteiger partial charge in [-0.15, -0.1) is 0 Å². The molecular formula is C16H23N5O2. The molecule has 0 radical (unpaired) electrons. The first-order valence-electron chi connectivity index (χ1n) is 7.92. The normalized spacial score (nSPS) is 16.8. The first kappa shape index (κ1) is 15.7. The van der Waals surface area contributed by atoms with Gasteiger partial charge in [0.05, 0.1) is 6.20 Å². The molecule has 0 unspecified atom stereocenters. The number of nitrogens with zero attached hydrogens (tertiary/aromatic N) is 5. The highest BCUT2D eigenvalue weighted by atomic mass is 16.2. The van der Waals surface area contributed by atoms with E-state index in [4.69, 9.17) is 0 Å². The number of aryl methyl sites for hydroxylation is 1. The van der Waals surface area contributed by atoms with E-state index in [1.165, 1.54) is 12.6 Å². The van der Waals surface area contributed by atoms with Gasteiger partial charge in [0, 0.05) is 45.6 Å². The number of hydrogen-bond donors (Lipinski definition) is 0. The monoisotopic (exact) mass is 317 g/mol. The number of aromatic nitrogens is 4. The van der Waals surface area contributed by atoms with Crippen LogP contribution in [0, 0.1) is 0 Å². The molecule has 2 aromatic rings. The second kappa shape index (κ2) is 6.16. The standard InChI is InChI=1S/C16H23N5O2/c1-18-10-13(9-17-18)12-4-6-21(7-5-12)11-14-8-15(22)20(3)16(23)19(14)2/h8-10,12H,4-7,11H2,1-3H3. The average molecular weight is 317 g/mol. The Labute approximate surface area is 134 Å². The van der Waals surface area contributed by atoms with Crippen LogP contribution in [-0.2, 0) is 27.7 Å². The highest BCUT2D eigenvalue weighted by Crippen LogP contribution is 2.27. The van der Waals surface area contributed by atoms with Crippen LogP contribution in [0.25, 0.3) is 0 Å². The van der Waals surface area contributed by atoms with E-state index in [-0.39, 0.29) is 11.2 Å². The predicted molar refractivity (Wildman–Crippen MR) is 87.4 cm³/mol. The van der Waals surface area contributed by atoms with Gasteiger partial charge in [-0.1, -0.05) is 0 Å². The lowest BCUT2D eigenvalue weighted by molar-refractivity contribution is 0.199. The van der Waals surface area contributed by atoms with Crippen molar-refractivity contribution in [1.29, 1.82) is 0 Å². The molecule has 7 heteroatoms. The molecule has 3 heterocycles. The van der Waals surface area contributed by atoms with Crippen molar-refractivity contribution >= 4 is 0 Å². The van der Waals surface area contributed by atoms with Crippen molar-refractivity contribution in [2.24, 2.45) is 21.1 Å². The number of piperidine rings is 1. The van der Waals surface area contributed by atoms with Crippen LogP contribution in [0.1, 0.15) is 30.0 Å². The topological polar surface area (TPSA) is 65.1 Å². The Hall–Kier alpha value is -2.15. The van der Waals surface area contributed by atoms with Gasteiger partial charge >= 0.3 is 5.69 Å². The van der Waals surface area contributed by atoms with Crippen LogP contribution in [0.15, 0.2) is 28.0 Å². The van der Waals surface area contributed by atoms with Gasteiger partial charge in [-0.2, -0.15) is 5.10 Å². The molecule has 3 rings (SSSR count). The smallest absolute Gasteiger partial charge is 0.299 e. The number of hydrogen-bond acceptors (Lipinski definition) is 4. The van der Waals surface area contributed by atoms with Crippen molar-refractivity contribution in [3.63, 3.8) is 0 Å². The van der Waals surface area contributed by atoms with Crippen LogP contribution in [0.4, 0.5) is 0 Å². The Morgan fingerprint density at radius 1 is 1.13 bits per heavy atom. The van der Waals surface area contributed by atoms with Crippen LogP contribution in [0.2, 0.25) is 0 Å². The lowest BCUT2D eigenvalue weighted by Gasteiger charge is -2.31. The Morgan fingerprint density at radius 3 is 2.43 bits per heavy atom. The molecule has 23 heavy (non-hydrogen) atoms. The summed E-state index contributed by atoms with van der Waals surface area (Å²) in [6.45, 7) is 2.56. The molecule has 0 N–H and O–H groups in total. The largest absolute Gasteiger partial charge is 0.330 e. The van der Waals surface area contributed by atoms with Gasteiger partial charge in [-0.25, -0.2) is 4.79 Å². The first-order valence-corrected chi connectivity index (χ1v) is 7.92. The molecule has 1 aliphatic heterocycles. The predicted octanol–water partition coefficient (Wildman–Crippen LogP) is 0.197. The van der Waals surface area contributed by atoms with E-state index in [0.29, 0.717) is 12.5 Å². The third-order valence-corrected chi connectivity index (χ3v) is 4.79. The summed E-state index contributed by atoms with van der Waals surface area (Å²) in [4.78, 5) is 26.1. The summed E-state index contributed by atoms with van der Waals surface area (Å²) < 4.78 is 4.55. The molecule has 2 aromatic heterocycles. The maximum Gasteiger partial charge on any atom is 0.330 e. The average Bonchev–Trinajstić information content (AvgIpc) is 2.98. The van der Waals surface area contributed by atoms with Gasteiger partial charge in [-0.05, 0) is 37.4 Å². The summed E-state index contributed by atoms with van der Waals surface area (Å²) >= 11 is 0. The van der Waals surface area contributed by atoms with Crippen molar-refractivity contribution in [2.45, 2.75) is 25.3 Å². The molecule has 0 atom stereocenters. The highest BCUT2D eigenvalue weighted by molar-refractivity contribution is 5.12. The van der Waals surface area contributed by atoms with Crippen molar-refractivity contribution in [1.82, 2.24) is 23.8 Å². The molecule has 0 aliphatic carbocycles. The Bertz CT molecular complexity index is 809. The van der Waals surface area contributed by atoms with E-state index in [0.717, 1.165) is 36.2 Å². The minimum absolute atomic E-state index is 0.242. The molecule has 7 nitrogen and oxygen atoms in total. The lowest BCUT2D eigenvalue weighted by atomic mass is 9.91. The zero-order valence-corrected chi connectivity index (χ0v) is 13.9. The van der Waals surface area contributed by atoms with E-state index >= 15 is 0 Å². The van der Waals surface area contributed by atoms with Crippen LogP contribution in [-0.4, -0.2) is 36.9 Å². The summed E-state index contributed by atoms with van der Waals surface area (Å²) in [5.41, 5.74) is 1.57. The summed E-state index contributed by atoms with van der Waals surface area (Å²) in [5.74, 6) is 0.549. The Balaban J connectivity index is 1.68. The van der Waals surface area contributed by atoms with Gasteiger partial charge in [0.25, 0.3) is 5.56 Å². The molecule has 0 spiro atoms. The molecule has 0 saturated carbocycles. The van der Waals surface area contributed by atoms with E-state index in [1.807, 2.05) is 17.9 Å². The molecule has 0 amide bonds. The Morgan fingerprint density at radius 2 is 1.83 bits per heavy atom. The van der Waals surface area contributed by atoms with E-state index < -0.39 is 0 Å². The van der Waals surface area contributed by atoms with E-state index in [2.05, 4.69) is 16.2 Å². The van der Waals surface area contributed by atoms with Gasteiger partial charge in [0.2, 0.25) is 0 Å². The van der Waals surface area contributed by atoms with E-state index in [9.17, 15) is 9.59 Å². The van der Waals surface area contributed by atoms with Crippen LogP contribution < -0.4 is 11.2 Å². The van der Waals surface area contributed by atoms with Crippen molar-refractivity contribution in [2.75, 3.05) is 13.1 Å². The van der Waals surface area contributed by atoms with Gasteiger partial charge in [0.1, 0.15) is 0 Å². The van der Waals surface area contributed by atoms with Gasteiger partial charge < -0.3 is 0 Å². The third kappa shape index (κ3) is 3.14. The molecule has 124 valence electrons. The van der Waals surface area contributed by atoms with E-state index in [1.54, 1.807) is 17.7 Å². The Kier molecular flexibility index (Phi) is 4.21. The van der Waals surface area contributed by atoms with Crippen LogP contribution >= 0.6 is 0 Å². The second-order valence-corrected chi connectivity index (χ2v) is 6.37. The maximum atomic E-state index is 12.0. The van der Waals surface area contributed by atoms with Crippen molar-refractivity contribution in [3.05, 3.63) is 50.6 Å². The summed E-state index contributed by atoms with van der Waals surface area (Å²) in [7, 11) is 5.17. The van der Waals surface area contributed by atoms with Crippen LogP contribution in [0.5, 0.6) is 0 Å². The van der Waals surface area contributed by atoms with Gasteiger partial charge in [0.15, 0.2) is 0 Å². The summed E-state index contributed by atoms with van der Waals surface area (Å²) in [6.07, 6.45) is 6.19. The SMILES string of the molecule is Cn1cc(C2CCN(Cc3cc(=O)n(C)c(=O)n3C)CC2)cn1. The quantitative estimate of drug-likeness (QED) is 0.811. The fraction of sp³-hybridized carbons (Fsp3) is 0.562. The maximum absolute atomic E-state index is 12.0. The molecule has 0 bridgehead atoms. The molecule has 1 saturated heterocycles. The van der Waals surface area contributed by atoms with Gasteiger partial charge in [-0.3, -0.25) is 23.5 Å². The summed E-state index contributed by atoms with van der Waals surface area (Å²) in [5, 5.41) is 4.25. The fourth-order valence-electron chi connectivity index (χ4n) is 3.23. The molecule has 1 fully saturated rings. The fourth-order valence-corrected chi connectivity index (χ4v) is 3.23. The van der Waals surface area contributed by atoms with Crippen LogP contribution in [0.3, 0.4) is 0 Å². The minimum Gasteiger partial charge on any atom is -0.299 e. The van der Waals surface area contributed by atoms with Crippen molar-refractivity contribution in [3.8, 4) is 0 Å². The minimum atomic E-state index is -0.266. The second-order valence-electron chi connectivity index (χ2n) is 6.37. The number of likely N-dealkylation sites (tertiary alicyclic amines) is 1. The van der Waals surface area contributed by atoms with Crippen molar-refractivity contribution < 1.29 is 0 Å². The zero-order valence-electron chi connectivity index (χ0n) is 13.9. The highest BCUT2D eigenvalue weighted by Gasteiger charge is 2.22. The number of rotatable bonds is 3. The molecule has 1 aliphatic rings. The summed E-state index contributed by atoms with van der Waals surface area (Å²) in [6, 6.07) is 1.56. The lowest BCUT2D eigenvalue weighted by Crippen LogP contribution is -2.40. The molecule has 0 aromatic carbocycles.